The largest absolute Gasteiger partial charge is 0.461 e. The summed E-state index contributed by atoms with van der Waals surface area (Å²) in [6.07, 6.45) is 2.13. The van der Waals surface area contributed by atoms with Crippen molar-refractivity contribution in [3.05, 3.63) is 35.6 Å². The molecular formula is C14H17NO. The van der Waals surface area contributed by atoms with Gasteiger partial charge in [-0.05, 0) is 26.5 Å². The van der Waals surface area contributed by atoms with Crippen LogP contribution in [-0.4, -0.2) is 24.5 Å². The zero-order valence-electron chi connectivity index (χ0n) is 9.86. The molecule has 84 valence electrons. The molecule has 3 rings (SSSR count). The predicted molar refractivity (Wildman–Crippen MR) is 65.7 cm³/mol. The van der Waals surface area contributed by atoms with E-state index in [1.54, 1.807) is 0 Å². The smallest absolute Gasteiger partial charge is 0.134 e. The Morgan fingerprint density at radius 3 is 3.00 bits per heavy atom. The molecule has 0 aliphatic carbocycles. The Bertz CT molecular complexity index is 514. The fraction of sp³-hybridized carbons (Fsp3) is 0.429. The quantitative estimate of drug-likeness (QED) is 0.672. The molecule has 2 heterocycles. The van der Waals surface area contributed by atoms with Gasteiger partial charge in [-0.3, -0.25) is 0 Å². The Balaban J connectivity index is 2.14. The minimum atomic E-state index is 0.571. The maximum atomic E-state index is 5.96. The van der Waals surface area contributed by atoms with Crippen molar-refractivity contribution in [1.29, 1.82) is 0 Å². The molecule has 0 bridgehead atoms. The Morgan fingerprint density at radius 1 is 1.31 bits per heavy atom. The molecule has 2 heteroatoms. The lowest BCUT2D eigenvalue weighted by Crippen LogP contribution is -2.30. The highest BCUT2D eigenvalue weighted by Gasteiger charge is 2.22. The zero-order valence-corrected chi connectivity index (χ0v) is 9.86. The van der Waals surface area contributed by atoms with Gasteiger partial charge in [0.1, 0.15) is 11.3 Å². The number of nitrogens with zero attached hydrogens (tertiary/aromatic N) is 1. The maximum Gasteiger partial charge on any atom is 0.134 e. The number of hydrogen-bond donors (Lipinski definition) is 0. The van der Waals surface area contributed by atoms with Crippen molar-refractivity contribution < 1.29 is 4.42 Å². The molecular weight excluding hydrogens is 198 g/mol. The number of likely N-dealkylation sites (N-methyl/N-ethyl adjacent to an activating group) is 1. The van der Waals surface area contributed by atoms with Gasteiger partial charge in [-0.15, -0.1) is 0 Å². The molecule has 2 nitrogen and oxygen atoms in total. The first-order valence-electron chi connectivity index (χ1n) is 5.95. The molecule has 1 aliphatic heterocycles. The third kappa shape index (κ3) is 1.45. The maximum absolute atomic E-state index is 5.96. The predicted octanol–water partition coefficient (Wildman–Crippen LogP) is 2.85. The summed E-state index contributed by atoms with van der Waals surface area (Å²) in [6, 6.07) is 8.95. The second kappa shape index (κ2) is 3.63. The van der Waals surface area contributed by atoms with Crippen molar-refractivity contribution in [2.75, 3.05) is 13.6 Å². The van der Waals surface area contributed by atoms with Gasteiger partial charge < -0.3 is 9.32 Å². The van der Waals surface area contributed by atoms with Gasteiger partial charge >= 0.3 is 0 Å². The standard InChI is InChI=1S/C14H17NO/c1-10-9-14-12(7-8-15(10)2)11-5-3-4-6-13(11)16-14/h3-6,10H,7-9H2,1-2H3. The van der Waals surface area contributed by atoms with Crippen LogP contribution in [0.2, 0.25) is 0 Å². The number of furan rings is 1. The molecule has 0 saturated carbocycles. The average molecular weight is 215 g/mol. The van der Waals surface area contributed by atoms with Gasteiger partial charge in [0.2, 0.25) is 0 Å². The van der Waals surface area contributed by atoms with E-state index in [-0.39, 0.29) is 0 Å². The first-order chi connectivity index (χ1) is 7.75. The summed E-state index contributed by atoms with van der Waals surface area (Å²) in [4.78, 5) is 2.41. The van der Waals surface area contributed by atoms with Crippen LogP contribution < -0.4 is 0 Å². The fourth-order valence-electron chi connectivity index (χ4n) is 2.52. The molecule has 1 unspecified atom stereocenters. The first-order valence-corrected chi connectivity index (χ1v) is 5.95. The van der Waals surface area contributed by atoms with E-state index in [0.717, 1.165) is 25.0 Å². The Morgan fingerprint density at radius 2 is 2.12 bits per heavy atom. The molecule has 0 radical (unpaired) electrons. The van der Waals surface area contributed by atoms with Crippen LogP contribution in [-0.2, 0) is 12.8 Å². The van der Waals surface area contributed by atoms with E-state index in [1.165, 1.54) is 16.7 Å². The Hall–Kier alpha value is -1.28. The molecule has 0 N–H and O–H groups in total. The van der Waals surface area contributed by atoms with Crippen molar-refractivity contribution in [2.24, 2.45) is 0 Å². The lowest BCUT2D eigenvalue weighted by Gasteiger charge is -2.20. The van der Waals surface area contributed by atoms with E-state index in [2.05, 4.69) is 37.1 Å². The summed E-state index contributed by atoms with van der Waals surface area (Å²) in [7, 11) is 2.19. The van der Waals surface area contributed by atoms with E-state index < -0.39 is 0 Å². The van der Waals surface area contributed by atoms with E-state index in [0.29, 0.717) is 6.04 Å². The molecule has 0 fully saturated rings. The monoisotopic (exact) mass is 215 g/mol. The SMILES string of the molecule is CC1Cc2oc3ccccc3c2CCN1C. The molecule has 0 spiro atoms. The highest BCUT2D eigenvalue weighted by atomic mass is 16.3. The first kappa shape index (κ1) is 9.91. The lowest BCUT2D eigenvalue weighted by atomic mass is 10.1. The van der Waals surface area contributed by atoms with Crippen molar-refractivity contribution in [1.82, 2.24) is 4.90 Å². The summed E-state index contributed by atoms with van der Waals surface area (Å²) in [5, 5.41) is 1.31. The molecule has 1 aromatic carbocycles. The van der Waals surface area contributed by atoms with Crippen molar-refractivity contribution in [3.8, 4) is 0 Å². The summed E-state index contributed by atoms with van der Waals surface area (Å²) in [5.41, 5.74) is 2.47. The van der Waals surface area contributed by atoms with Crippen LogP contribution in [0.25, 0.3) is 11.0 Å². The number of para-hydroxylation sites is 1. The molecule has 0 saturated heterocycles. The topological polar surface area (TPSA) is 16.4 Å². The average Bonchev–Trinajstić information content (AvgIpc) is 2.56. The highest BCUT2D eigenvalue weighted by molar-refractivity contribution is 5.82. The number of fused-ring (bicyclic) bond motifs is 3. The summed E-state index contributed by atoms with van der Waals surface area (Å²) >= 11 is 0. The van der Waals surface area contributed by atoms with Crippen molar-refractivity contribution in [3.63, 3.8) is 0 Å². The van der Waals surface area contributed by atoms with Crippen LogP contribution >= 0.6 is 0 Å². The highest BCUT2D eigenvalue weighted by Crippen LogP contribution is 2.29. The van der Waals surface area contributed by atoms with Crippen LogP contribution in [0.15, 0.2) is 28.7 Å². The Kier molecular flexibility index (Phi) is 2.25. The molecule has 1 aromatic heterocycles. The second-order valence-electron chi connectivity index (χ2n) is 4.78. The van der Waals surface area contributed by atoms with E-state index in [1.807, 2.05) is 6.07 Å². The zero-order chi connectivity index (χ0) is 11.1. The third-order valence-corrected chi connectivity index (χ3v) is 3.73. The summed E-state index contributed by atoms with van der Waals surface area (Å²) in [5.74, 6) is 1.19. The normalized spacial score (nSPS) is 22.0. The third-order valence-electron chi connectivity index (χ3n) is 3.73. The van der Waals surface area contributed by atoms with Crippen molar-refractivity contribution >= 4 is 11.0 Å². The molecule has 16 heavy (non-hydrogen) atoms. The summed E-state index contributed by atoms with van der Waals surface area (Å²) < 4.78 is 5.96. The molecule has 0 amide bonds. The van der Waals surface area contributed by atoms with Gasteiger partial charge in [0.05, 0.1) is 0 Å². The minimum absolute atomic E-state index is 0.571. The van der Waals surface area contributed by atoms with E-state index in [4.69, 9.17) is 4.42 Å². The van der Waals surface area contributed by atoms with Gasteiger partial charge in [0.25, 0.3) is 0 Å². The number of rotatable bonds is 0. The Labute approximate surface area is 95.9 Å². The molecule has 2 aromatic rings. The van der Waals surface area contributed by atoms with Crippen LogP contribution in [0.4, 0.5) is 0 Å². The second-order valence-corrected chi connectivity index (χ2v) is 4.78. The van der Waals surface area contributed by atoms with Crippen LogP contribution in [0.3, 0.4) is 0 Å². The van der Waals surface area contributed by atoms with Gasteiger partial charge in [-0.1, -0.05) is 18.2 Å². The number of benzene rings is 1. The number of hydrogen-bond acceptors (Lipinski definition) is 2. The van der Waals surface area contributed by atoms with Crippen LogP contribution in [0.5, 0.6) is 0 Å². The van der Waals surface area contributed by atoms with Crippen molar-refractivity contribution in [2.45, 2.75) is 25.8 Å². The van der Waals surface area contributed by atoms with Gasteiger partial charge in [0, 0.05) is 30.0 Å². The van der Waals surface area contributed by atoms with E-state index >= 15 is 0 Å². The fourth-order valence-corrected chi connectivity index (χ4v) is 2.52. The van der Waals surface area contributed by atoms with Crippen LogP contribution in [0.1, 0.15) is 18.2 Å². The minimum Gasteiger partial charge on any atom is -0.461 e. The van der Waals surface area contributed by atoms with Gasteiger partial charge in [-0.25, -0.2) is 0 Å². The summed E-state index contributed by atoms with van der Waals surface area (Å²) in [6.45, 7) is 3.39. The molecule has 1 atom stereocenters. The van der Waals surface area contributed by atoms with Gasteiger partial charge in [-0.2, -0.15) is 0 Å². The lowest BCUT2D eigenvalue weighted by molar-refractivity contribution is 0.262. The van der Waals surface area contributed by atoms with Gasteiger partial charge in [0.15, 0.2) is 0 Å². The molecule has 1 aliphatic rings. The van der Waals surface area contributed by atoms with E-state index in [9.17, 15) is 0 Å². The van der Waals surface area contributed by atoms with Crippen LogP contribution in [0, 0.1) is 0 Å².